The lowest BCUT2D eigenvalue weighted by Crippen LogP contribution is -1.95. The van der Waals surface area contributed by atoms with Crippen LogP contribution in [0, 0.1) is 25.2 Å². The second-order valence-electron chi connectivity index (χ2n) is 5.42. The average molecular weight is 334 g/mol. The molecule has 6 nitrogen and oxygen atoms in total. The number of nitrogens with zero attached hydrogens (tertiary/aromatic N) is 2. The van der Waals surface area contributed by atoms with Gasteiger partial charge in [-0.2, -0.15) is 5.26 Å². The van der Waals surface area contributed by atoms with Gasteiger partial charge >= 0.3 is 5.97 Å². The molecule has 124 valence electrons. The predicted molar refractivity (Wildman–Crippen MR) is 91.3 cm³/mol. The molecule has 0 aliphatic carbocycles. The molecule has 6 heteroatoms. The van der Waals surface area contributed by atoms with E-state index < -0.39 is 5.97 Å². The monoisotopic (exact) mass is 334 g/mol. The fraction of sp³-hybridized carbons (Fsp3) is 0.105. The normalized spacial score (nSPS) is 10.9. The molecule has 0 unspecified atom stereocenters. The zero-order valence-corrected chi connectivity index (χ0v) is 13.6. The van der Waals surface area contributed by atoms with Crippen LogP contribution in [0.25, 0.3) is 11.3 Å². The second kappa shape index (κ2) is 6.49. The molecule has 0 spiro atoms. The van der Waals surface area contributed by atoms with Crippen molar-refractivity contribution in [2.75, 3.05) is 0 Å². The lowest BCUT2D eigenvalue weighted by Gasteiger charge is -1.98. The van der Waals surface area contributed by atoms with Crippen molar-refractivity contribution in [2.24, 2.45) is 4.99 Å². The van der Waals surface area contributed by atoms with Gasteiger partial charge in [-0.3, -0.25) is 0 Å². The van der Waals surface area contributed by atoms with Crippen molar-refractivity contribution in [3.8, 4) is 17.4 Å². The minimum absolute atomic E-state index is 0.185. The molecule has 2 heterocycles. The molecule has 0 radical (unpaired) electrons. The number of carboxylic acid groups (broad SMARTS) is 1. The number of rotatable bonds is 4. The number of carbonyl (C=O) groups is 1. The van der Waals surface area contributed by atoms with Crippen molar-refractivity contribution in [3.63, 3.8) is 0 Å². The minimum atomic E-state index is -0.997. The summed E-state index contributed by atoms with van der Waals surface area (Å²) in [6.45, 7) is 3.58. The van der Waals surface area contributed by atoms with Gasteiger partial charge in [0.1, 0.15) is 28.9 Å². The molecule has 25 heavy (non-hydrogen) atoms. The number of hydrogen-bond donors (Lipinski definition) is 1. The van der Waals surface area contributed by atoms with Gasteiger partial charge in [-0.1, -0.05) is 12.1 Å². The highest BCUT2D eigenvalue weighted by Crippen LogP contribution is 2.28. The van der Waals surface area contributed by atoms with Gasteiger partial charge < -0.3 is 13.9 Å². The molecule has 1 N–H and O–H groups in total. The first-order chi connectivity index (χ1) is 12.0. The van der Waals surface area contributed by atoms with E-state index in [1.807, 2.05) is 0 Å². The Morgan fingerprint density at radius 1 is 1.24 bits per heavy atom. The number of furan rings is 2. The van der Waals surface area contributed by atoms with Gasteiger partial charge in [0, 0.05) is 11.1 Å². The molecule has 2 aromatic heterocycles. The Morgan fingerprint density at radius 2 is 2.04 bits per heavy atom. The van der Waals surface area contributed by atoms with Crippen molar-refractivity contribution in [2.45, 2.75) is 13.8 Å². The van der Waals surface area contributed by atoms with Gasteiger partial charge in [0.05, 0.1) is 11.8 Å². The maximum atomic E-state index is 11.1. The Bertz CT molecular complexity index is 1020. The Hall–Kier alpha value is -3.59. The summed E-state index contributed by atoms with van der Waals surface area (Å²) >= 11 is 0. The molecule has 0 saturated heterocycles. The molecule has 0 atom stereocenters. The van der Waals surface area contributed by atoms with Crippen molar-refractivity contribution in [1.82, 2.24) is 0 Å². The van der Waals surface area contributed by atoms with Crippen molar-refractivity contribution >= 4 is 18.1 Å². The Balaban J connectivity index is 1.88. The number of carboxylic acids is 1. The van der Waals surface area contributed by atoms with Crippen molar-refractivity contribution < 1.29 is 18.7 Å². The number of aromatic carboxylic acids is 1. The highest BCUT2D eigenvalue weighted by atomic mass is 16.4. The summed E-state index contributed by atoms with van der Waals surface area (Å²) in [4.78, 5) is 15.2. The van der Waals surface area contributed by atoms with E-state index in [0.29, 0.717) is 28.4 Å². The van der Waals surface area contributed by atoms with E-state index in [-0.39, 0.29) is 11.4 Å². The first kappa shape index (κ1) is 16.3. The van der Waals surface area contributed by atoms with Gasteiger partial charge in [0.2, 0.25) is 5.88 Å². The third kappa shape index (κ3) is 3.21. The summed E-state index contributed by atoms with van der Waals surface area (Å²) in [7, 11) is 0. The third-order valence-corrected chi connectivity index (χ3v) is 3.81. The zero-order valence-electron chi connectivity index (χ0n) is 13.6. The molecule has 0 saturated carbocycles. The zero-order chi connectivity index (χ0) is 18.0. The van der Waals surface area contributed by atoms with Crippen LogP contribution < -0.4 is 0 Å². The molecule has 3 rings (SSSR count). The van der Waals surface area contributed by atoms with E-state index in [1.54, 1.807) is 38.1 Å². The number of hydrogen-bond acceptors (Lipinski definition) is 5. The van der Waals surface area contributed by atoms with Gasteiger partial charge in [-0.05, 0) is 38.1 Å². The van der Waals surface area contributed by atoms with E-state index in [0.717, 1.165) is 5.56 Å². The highest BCUT2D eigenvalue weighted by molar-refractivity contribution is 5.89. The summed E-state index contributed by atoms with van der Waals surface area (Å²) in [5, 5.41) is 18.2. The predicted octanol–water partition coefficient (Wildman–Crippen LogP) is 4.48. The van der Waals surface area contributed by atoms with Crippen molar-refractivity contribution in [1.29, 1.82) is 5.26 Å². The largest absolute Gasteiger partial charge is 0.478 e. The van der Waals surface area contributed by atoms with Crippen LogP contribution in [0.4, 0.5) is 5.88 Å². The van der Waals surface area contributed by atoms with E-state index in [9.17, 15) is 10.1 Å². The molecule has 0 aliphatic heterocycles. The van der Waals surface area contributed by atoms with Crippen LogP contribution in [0.5, 0.6) is 0 Å². The van der Waals surface area contributed by atoms with Crippen LogP contribution >= 0.6 is 0 Å². The Kier molecular flexibility index (Phi) is 4.23. The van der Waals surface area contributed by atoms with Crippen LogP contribution in [0.3, 0.4) is 0 Å². The second-order valence-corrected chi connectivity index (χ2v) is 5.42. The third-order valence-electron chi connectivity index (χ3n) is 3.81. The topological polar surface area (TPSA) is 99.7 Å². The molecule has 0 bridgehead atoms. The van der Waals surface area contributed by atoms with Crippen LogP contribution in [0.1, 0.15) is 33.0 Å². The van der Waals surface area contributed by atoms with E-state index in [4.69, 9.17) is 13.9 Å². The summed E-state index contributed by atoms with van der Waals surface area (Å²) in [6, 6.07) is 12.0. The van der Waals surface area contributed by atoms with Gasteiger partial charge in [0.25, 0.3) is 0 Å². The first-order valence-electron chi connectivity index (χ1n) is 7.47. The van der Waals surface area contributed by atoms with Gasteiger partial charge in [-0.25, -0.2) is 9.79 Å². The number of nitriles is 1. The quantitative estimate of drug-likeness (QED) is 0.709. The summed E-state index contributed by atoms with van der Waals surface area (Å²) < 4.78 is 11.1. The van der Waals surface area contributed by atoms with Crippen LogP contribution in [0.15, 0.2) is 50.2 Å². The SMILES string of the molecule is Cc1oc(N=Cc2ccc(-c3cccc(C(=O)O)c3)o2)c(C#N)c1C. The van der Waals surface area contributed by atoms with Crippen molar-refractivity contribution in [3.05, 3.63) is 64.6 Å². The van der Waals surface area contributed by atoms with E-state index >= 15 is 0 Å². The molecular formula is C19H14N2O4. The summed E-state index contributed by atoms with van der Waals surface area (Å²) in [5.74, 6) is 0.878. The van der Waals surface area contributed by atoms with Crippen LogP contribution in [-0.2, 0) is 0 Å². The summed E-state index contributed by atoms with van der Waals surface area (Å²) in [6.07, 6.45) is 1.46. The standard InChI is InChI=1S/C19H14N2O4/c1-11-12(2)24-18(16(11)9-20)21-10-15-6-7-17(25-15)13-4-3-5-14(8-13)19(22)23/h3-8,10H,1-2H3,(H,22,23). The minimum Gasteiger partial charge on any atom is -0.478 e. The maximum Gasteiger partial charge on any atom is 0.335 e. The number of aliphatic imine (C=N–C) groups is 1. The van der Waals surface area contributed by atoms with E-state index in [1.165, 1.54) is 18.3 Å². The molecule has 0 fully saturated rings. The average Bonchev–Trinajstić information content (AvgIpc) is 3.18. The van der Waals surface area contributed by atoms with E-state index in [2.05, 4.69) is 11.1 Å². The number of benzene rings is 1. The lowest BCUT2D eigenvalue weighted by atomic mass is 10.1. The Labute approximate surface area is 143 Å². The first-order valence-corrected chi connectivity index (χ1v) is 7.47. The lowest BCUT2D eigenvalue weighted by molar-refractivity contribution is 0.0697. The Morgan fingerprint density at radius 3 is 2.76 bits per heavy atom. The van der Waals surface area contributed by atoms with Gasteiger partial charge in [-0.15, -0.1) is 0 Å². The fourth-order valence-corrected chi connectivity index (χ4v) is 2.34. The molecule has 3 aromatic rings. The maximum absolute atomic E-state index is 11.1. The van der Waals surface area contributed by atoms with Crippen LogP contribution in [-0.4, -0.2) is 17.3 Å². The van der Waals surface area contributed by atoms with Crippen LogP contribution in [0.2, 0.25) is 0 Å². The molecular weight excluding hydrogens is 320 g/mol. The fourth-order valence-electron chi connectivity index (χ4n) is 2.34. The molecule has 0 aliphatic rings. The molecule has 1 aromatic carbocycles. The number of aryl methyl sites for hydroxylation is 1. The smallest absolute Gasteiger partial charge is 0.335 e. The summed E-state index contributed by atoms with van der Waals surface area (Å²) in [5.41, 5.74) is 2.00. The van der Waals surface area contributed by atoms with Gasteiger partial charge in [0.15, 0.2) is 0 Å². The molecule has 0 amide bonds. The highest BCUT2D eigenvalue weighted by Gasteiger charge is 2.13.